The van der Waals surface area contributed by atoms with E-state index in [1.54, 1.807) is 0 Å². The molecule has 2 aromatic carbocycles. The fraction of sp³-hybridized carbons (Fsp3) is 0.538. The van der Waals surface area contributed by atoms with Gasteiger partial charge in [0.1, 0.15) is 10.6 Å². The molecule has 3 aliphatic rings. The van der Waals surface area contributed by atoms with Crippen LogP contribution in [0, 0.1) is 17.6 Å². The molecule has 2 aromatic rings. The molecular formula is C26H30ClF2NO6S2. The summed E-state index contributed by atoms with van der Waals surface area (Å²) < 4.78 is 95.1. The maximum Gasteiger partial charge on any atom is 0.189 e. The third kappa shape index (κ3) is 4.64. The number of fused-ring (bicyclic) bond motifs is 3. The van der Waals surface area contributed by atoms with E-state index in [1.807, 2.05) is 11.9 Å². The van der Waals surface area contributed by atoms with Crippen molar-refractivity contribution in [2.24, 2.45) is 5.92 Å². The highest BCUT2D eigenvalue weighted by molar-refractivity contribution is 7.92. The van der Waals surface area contributed by atoms with Crippen molar-refractivity contribution >= 4 is 31.3 Å². The van der Waals surface area contributed by atoms with E-state index in [2.05, 4.69) is 0 Å². The highest BCUT2D eigenvalue weighted by Gasteiger charge is 2.61. The average Bonchev–Trinajstić information content (AvgIpc) is 2.89. The van der Waals surface area contributed by atoms with Crippen LogP contribution in [0.4, 0.5) is 8.78 Å². The molecule has 0 unspecified atom stereocenters. The van der Waals surface area contributed by atoms with E-state index in [0.29, 0.717) is 18.0 Å². The number of nitrogens with zero attached hydrogens (tertiary/aromatic N) is 1. The minimum atomic E-state index is -4.35. The lowest BCUT2D eigenvalue weighted by Crippen LogP contribution is -2.58. The number of ether oxygens (including phenoxy) is 2. The van der Waals surface area contributed by atoms with Crippen molar-refractivity contribution in [1.82, 2.24) is 4.90 Å². The van der Waals surface area contributed by atoms with Crippen LogP contribution >= 0.6 is 11.6 Å². The molecule has 5 rings (SSSR count). The number of piperidine rings is 1. The van der Waals surface area contributed by atoms with Crippen molar-refractivity contribution in [3.05, 3.63) is 58.6 Å². The SMILES string of the molecule is CN1CCC[C@H](S(=O)(=O)CC[C@@H]2OCC[C@@]3(S(=O)(=O)c4ccc(Cl)cc4)c4c(F)ccc(F)c4OC[C@@H]23)C1. The van der Waals surface area contributed by atoms with Gasteiger partial charge in [0.2, 0.25) is 0 Å². The topological polar surface area (TPSA) is 90.0 Å². The molecule has 0 amide bonds. The summed E-state index contributed by atoms with van der Waals surface area (Å²) in [5.41, 5.74) is -0.367. The Hall–Kier alpha value is -1.79. The van der Waals surface area contributed by atoms with Gasteiger partial charge in [0, 0.05) is 24.1 Å². The van der Waals surface area contributed by atoms with Gasteiger partial charge in [-0.1, -0.05) is 11.6 Å². The van der Waals surface area contributed by atoms with Crippen molar-refractivity contribution < 1.29 is 35.1 Å². The Morgan fingerprint density at radius 1 is 1.08 bits per heavy atom. The lowest BCUT2D eigenvalue weighted by Gasteiger charge is -2.50. The quantitative estimate of drug-likeness (QED) is 0.503. The average molecular weight is 590 g/mol. The largest absolute Gasteiger partial charge is 0.490 e. The van der Waals surface area contributed by atoms with Gasteiger partial charge in [-0.2, -0.15) is 0 Å². The zero-order valence-electron chi connectivity index (χ0n) is 20.9. The van der Waals surface area contributed by atoms with Crippen molar-refractivity contribution in [2.45, 2.75) is 46.7 Å². The van der Waals surface area contributed by atoms with Gasteiger partial charge in [-0.15, -0.1) is 0 Å². The summed E-state index contributed by atoms with van der Waals surface area (Å²) in [6, 6.07) is 7.32. The van der Waals surface area contributed by atoms with Crippen molar-refractivity contribution in [3.63, 3.8) is 0 Å². The summed E-state index contributed by atoms with van der Waals surface area (Å²) >= 11 is 5.99. The van der Waals surface area contributed by atoms with Gasteiger partial charge in [-0.3, -0.25) is 0 Å². The molecule has 0 radical (unpaired) electrons. The predicted octanol–water partition coefficient (Wildman–Crippen LogP) is 3.98. The van der Waals surface area contributed by atoms with Crippen molar-refractivity contribution in [1.29, 1.82) is 0 Å². The Balaban J connectivity index is 1.56. The van der Waals surface area contributed by atoms with Gasteiger partial charge in [-0.25, -0.2) is 25.6 Å². The lowest BCUT2D eigenvalue weighted by atomic mass is 9.75. The zero-order chi connectivity index (χ0) is 27.3. The molecule has 0 aromatic heterocycles. The minimum Gasteiger partial charge on any atom is -0.490 e. The molecule has 0 N–H and O–H groups in total. The molecule has 3 heterocycles. The Morgan fingerprint density at radius 3 is 2.50 bits per heavy atom. The van der Waals surface area contributed by atoms with Crippen LogP contribution in [0.15, 0.2) is 41.3 Å². The molecule has 0 aliphatic carbocycles. The van der Waals surface area contributed by atoms with Gasteiger partial charge >= 0.3 is 0 Å². The smallest absolute Gasteiger partial charge is 0.189 e. The van der Waals surface area contributed by atoms with Gasteiger partial charge in [0.05, 0.1) is 34.2 Å². The second-order valence-corrected chi connectivity index (χ2v) is 15.4. The van der Waals surface area contributed by atoms with Crippen LogP contribution in [-0.4, -0.2) is 72.2 Å². The Labute approximate surface area is 226 Å². The van der Waals surface area contributed by atoms with Crippen molar-refractivity contribution in [3.8, 4) is 5.75 Å². The molecular weight excluding hydrogens is 560 g/mol. The monoisotopic (exact) mass is 589 g/mol. The van der Waals surface area contributed by atoms with E-state index in [1.165, 1.54) is 24.3 Å². The number of rotatable bonds is 6. The zero-order valence-corrected chi connectivity index (χ0v) is 23.3. The summed E-state index contributed by atoms with van der Waals surface area (Å²) in [7, 11) is -5.97. The van der Waals surface area contributed by atoms with Crippen LogP contribution in [0.2, 0.25) is 5.02 Å². The maximum atomic E-state index is 15.5. The number of halogens is 3. The van der Waals surface area contributed by atoms with Gasteiger partial charge < -0.3 is 14.4 Å². The summed E-state index contributed by atoms with van der Waals surface area (Å²) in [4.78, 5) is 1.89. The van der Waals surface area contributed by atoms with E-state index in [4.69, 9.17) is 21.1 Å². The normalized spacial score (nSPS) is 28.3. The second kappa shape index (κ2) is 10.3. The van der Waals surface area contributed by atoms with Gasteiger partial charge in [0.25, 0.3) is 0 Å². The summed E-state index contributed by atoms with van der Waals surface area (Å²) in [5, 5.41) is -0.187. The molecule has 2 fully saturated rings. The van der Waals surface area contributed by atoms with E-state index >= 15 is 4.39 Å². The summed E-state index contributed by atoms with van der Waals surface area (Å²) in [6.45, 7) is 0.934. The molecule has 12 heteroatoms. The molecule has 0 saturated carbocycles. The maximum absolute atomic E-state index is 15.5. The standard InChI is InChI=1S/C26H30ClF2NO6S2/c1-30-12-2-3-19(15-30)37(31,32)14-10-23-20-16-36-25-22(29)9-8-21(28)24(25)26(20,11-13-35-23)38(33,34)18-6-4-17(27)5-7-18/h4-9,19-20,23H,2-3,10-16H2,1H3/t19-,20-,23-,26-/m0/s1. The molecule has 3 aliphatic heterocycles. The molecule has 7 nitrogen and oxygen atoms in total. The first-order valence-electron chi connectivity index (χ1n) is 12.6. The number of benzene rings is 2. The highest BCUT2D eigenvalue weighted by Crippen LogP contribution is 2.56. The predicted molar refractivity (Wildman–Crippen MR) is 139 cm³/mol. The van der Waals surface area contributed by atoms with E-state index < -0.39 is 59.1 Å². The third-order valence-corrected chi connectivity index (χ3v) is 13.1. The molecule has 2 saturated heterocycles. The second-order valence-electron chi connectivity index (χ2n) is 10.3. The first-order valence-corrected chi connectivity index (χ1v) is 16.2. The summed E-state index contributed by atoms with van der Waals surface area (Å²) in [6.07, 6.45) is 0.354. The molecule has 208 valence electrons. The van der Waals surface area contributed by atoms with E-state index in [9.17, 15) is 21.2 Å². The number of hydrogen-bond donors (Lipinski definition) is 0. The fourth-order valence-corrected chi connectivity index (χ4v) is 10.6. The van der Waals surface area contributed by atoms with Gasteiger partial charge in [0.15, 0.2) is 31.2 Å². The Kier molecular flexibility index (Phi) is 7.54. The molecule has 4 atom stereocenters. The van der Waals surface area contributed by atoms with Crippen LogP contribution < -0.4 is 4.74 Å². The first-order chi connectivity index (χ1) is 18.0. The molecule has 38 heavy (non-hydrogen) atoms. The number of likely N-dealkylation sites (tertiary alicyclic amines) is 1. The Morgan fingerprint density at radius 2 is 1.79 bits per heavy atom. The van der Waals surface area contributed by atoms with E-state index in [-0.39, 0.29) is 42.3 Å². The van der Waals surface area contributed by atoms with Crippen LogP contribution in [0.5, 0.6) is 5.75 Å². The van der Waals surface area contributed by atoms with Crippen LogP contribution in [0.3, 0.4) is 0 Å². The lowest BCUT2D eigenvalue weighted by molar-refractivity contribution is -0.0732. The van der Waals surface area contributed by atoms with Crippen LogP contribution in [0.1, 0.15) is 31.2 Å². The number of hydrogen-bond acceptors (Lipinski definition) is 7. The number of sulfone groups is 2. The highest BCUT2D eigenvalue weighted by atomic mass is 35.5. The third-order valence-electron chi connectivity index (χ3n) is 8.12. The molecule has 0 spiro atoms. The van der Waals surface area contributed by atoms with Crippen LogP contribution in [0.25, 0.3) is 0 Å². The minimum absolute atomic E-state index is 0.0146. The fourth-order valence-electron chi connectivity index (χ4n) is 6.19. The first kappa shape index (κ1) is 27.8. The molecule has 0 bridgehead atoms. The van der Waals surface area contributed by atoms with E-state index in [0.717, 1.165) is 25.1 Å². The van der Waals surface area contributed by atoms with Gasteiger partial charge in [-0.05, 0) is 75.7 Å². The Bertz CT molecular complexity index is 1420. The van der Waals surface area contributed by atoms with Crippen LogP contribution in [-0.2, 0) is 29.2 Å². The van der Waals surface area contributed by atoms with Crippen molar-refractivity contribution in [2.75, 3.05) is 39.1 Å². The summed E-state index contributed by atoms with van der Waals surface area (Å²) in [5.74, 6) is -3.37.